The van der Waals surface area contributed by atoms with Crippen molar-refractivity contribution in [2.45, 2.75) is 17.4 Å². The van der Waals surface area contributed by atoms with Crippen LogP contribution in [0.2, 0.25) is 0 Å². The third kappa shape index (κ3) is 3.03. The molecule has 1 saturated heterocycles. The second kappa shape index (κ2) is 6.40. The van der Waals surface area contributed by atoms with Gasteiger partial charge in [0.2, 0.25) is 10.0 Å². The molecule has 2 heterocycles. The summed E-state index contributed by atoms with van der Waals surface area (Å²) in [6.07, 6.45) is 0.716. The average Bonchev–Trinajstić information content (AvgIpc) is 3.09. The number of hydrogen-bond acceptors (Lipinski definition) is 4. The van der Waals surface area contributed by atoms with Crippen LogP contribution in [0, 0.1) is 5.82 Å². The number of nitrogens with zero attached hydrogens (tertiary/aromatic N) is 1. The summed E-state index contributed by atoms with van der Waals surface area (Å²) in [5.41, 5.74) is 1.57. The van der Waals surface area contributed by atoms with Crippen LogP contribution in [0.3, 0.4) is 0 Å². The van der Waals surface area contributed by atoms with Crippen molar-refractivity contribution in [1.82, 2.24) is 9.62 Å². The summed E-state index contributed by atoms with van der Waals surface area (Å²) in [4.78, 5) is 0.264. The van der Waals surface area contributed by atoms with Gasteiger partial charge in [0.05, 0.1) is 17.5 Å². The Morgan fingerprint density at radius 2 is 2.08 bits per heavy atom. The second-order valence-electron chi connectivity index (χ2n) is 6.26. The molecule has 0 spiro atoms. The number of piperazine rings is 1. The maximum atomic E-state index is 13.6. The molecule has 4 rings (SSSR count). The molecule has 0 bridgehead atoms. The van der Waals surface area contributed by atoms with Crippen LogP contribution in [0.5, 0.6) is 5.75 Å². The van der Waals surface area contributed by atoms with Gasteiger partial charge < -0.3 is 10.1 Å². The van der Waals surface area contributed by atoms with Crippen molar-refractivity contribution in [2.75, 3.05) is 26.2 Å². The van der Waals surface area contributed by atoms with Crippen LogP contribution in [-0.2, 0) is 16.4 Å². The van der Waals surface area contributed by atoms with E-state index in [0.29, 0.717) is 38.2 Å². The van der Waals surface area contributed by atoms with Gasteiger partial charge in [-0.2, -0.15) is 4.31 Å². The van der Waals surface area contributed by atoms with E-state index >= 15 is 0 Å². The number of nitrogens with one attached hydrogen (secondary N) is 1. The van der Waals surface area contributed by atoms with Crippen molar-refractivity contribution in [3.8, 4) is 5.75 Å². The Kier molecular flexibility index (Phi) is 4.23. The highest BCUT2D eigenvalue weighted by Gasteiger charge is 2.35. The highest BCUT2D eigenvalue weighted by molar-refractivity contribution is 7.89. The van der Waals surface area contributed by atoms with Crippen LogP contribution in [0.25, 0.3) is 0 Å². The molecule has 132 valence electrons. The zero-order chi connectivity index (χ0) is 17.4. The van der Waals surface area contributed by atoms with Crippen molar-refractivity contribution in [3.05, 3.63) is 59.4 Å². The minimum Gasteiger partial charge on any atom is -0.493 e. The molecule has 0 saturated carbocycles. The molecular formula is C18H19FN2O3S. The quantitative estimate of drug-likeness (QED) is 0.908. The van der Waals surface area contributed by atoms with Gasteiger partial charge >= 0.3 is 0 Å². The third-order valence-electron chi connectivity index (χ3n) is 4.70. The first-order valence-electron chi connectivity index (χ1n) is 8.29. The maximum absolute atomic E-state index is 13.6. The van der Waals surface area contributed by atoms with Gasteiger partial charge in [-0.05, 0) is 41.5 Å². The SMILES string of the molecule is O=S(=O)(c1ccc2c(c1)CCO2)N1CCNCC1c1cccc(F)c1. The standard InChI is InChI=1S/C18H19FN2O3S/c19-15-3-1-2-13(10-15)17-12-20-7-8-21(17)25(22,23)16-4-5-18-14(11-16)6-9-24-18/h1-5,10-11,17,20H,6-9,12H2. The lowest BCUT2D eigenvalue weighted by Gasteiger charge is -2.35. The molecule has 0 aliphatic carbocycles. The fourth-order valence-corrected chi connectivity index (χ4v) is 5.10. The summed E-state index contributed by atoms with van der Waals surface area (Å²) < 4.78 is 47.0. The van der Waals surface area contributed by atoms with E-state index in [1.165, 1.54) is 16.4 Å². The second-order valence-corrected chi connectivity index (χ2v) is 8.15. The molecule has 25 heavy (non-hydrogen) atoms. The molecule has 0 amide bonds. The topological polar surface area (TPSA) is 58.6 Å². The molecule has 1 N–H and O–H groups in total. The minimum atomic E-state index is -3.68. The Morgan fingerprint density at radius 1 is 1.20 bits per heavy atom. The minimum absolute atomic E-state index is 0.264. The number of ether oxygens (including phenoxy) is 1. The zero-order valence-electron chi connectivity index (χ0n) is 13.6. The van der Waals surface area contributed by atoms with E-state index in [4.69, 9.17) is 4.74 Å². The highest BCUT2D eigenvalue weighted by atomic mass is 32.2. The van der Waals surface area contributed by atoms with E-state index in [1.54, 1.807) is 30.3 Å². The number of fused-ring (bicyclic) bond motifs is 1. The van der Waals surface area contributed by atoms with Crippen LogP contribution < -0.4 is 10.1 Å². The molecule has 5 nitrogen and oxygen atoms in total. The number of hydrogen-bond donors (Lipinski definition) is 1. The number of benzene rings is 2. The number of halogens is 1. The third-order valence-corrected chi connectivity index (χ3v) is 6.60. The van der Waals surface area contributed by atoms with Gasteiger partial charge in [0.25, 0.3) is 0 Å². The Labute approximate surface area is 146 Å². The van der Waals surface area contributed by atoms with E-state index in [0.717, 1.165) is 11.3 Å². The van der Waals surface area contributed by atoms with Crippen molar-refractivity contribution in [2.24, 2.45) is 0 Å². The number of rotatable bonds is 3. The molecule has 0 aromatic heterocycles. The summed E-state index contributed by atoms with van der Waals surface area (Å²) in [6, 6.07) is 10.7. The normalized spacial score (nSPS) is 20.9. The molecule has 2 aromatic rings. The van der Waals surface area contributed by atoms with E-state index in [1.807, 2.05) is 0 Å². The van der Waals surface area contributed by atoms with Crippen LogP contribution in [0.1, 0.15) is 17.2 Å². The van der Waals surface area contributed by atoms with E-state index in [2.05, 4.69) is 5.32 Å². The van der Waals surface area contributed by atoms with E-state index in [9.17, 15) is 12.8 Å². The maximum Gasteiger partial charge on any atom is 0.243 e. The molecule has 1 fully saturated rings. The van der Waals surface area contributed by atoms with Gasteiger partial charge in [0.1, 0.15) is 11.6 Å². The summed E-state index contributed by atoms with van der Waals surface area (Å²) in [5.74, 6) is 0.385. The van der Waals surface area contributed by atoms with E-state index < -0.39 is 16.1 Å². The van der Waals surface area contributed by atoms with Crippen LogP contribution in [0.15, 0.2) is 47.4 Å². The molecular weight excluding hydrogens is 343 g/mol. The predicted molar refractivity (Wildman–Crippen MR) is 91.5 cm³/mol. The smallest absolute Gasteiger partial charge is 0.243 e. The first-order chi connectivity index (χ1) is 12.1. The Balaban J connectivity index is 1.72. The lowest BCUT2D eigenvalue weighted by molar-refractivity contribution is 0.271. The summed E-state index contributed by atoms with van der Waals surface area (Å²) in [5, 5.41) is 3.20. The Bertz CT molecular complexity index is 901. The molecule has 1 atom stereocenters. The first-order valence-corrected chi connectivity index (χ1v) is 9.73. The highest BCUT2D eigenvalue weighted by Crippen LogP contribution is 2.32. The summed E-state index contributed by atoms with van der Waals surface area (Å²) >= 11 is 0. The lowest BCUT2D eigenvalue weighted by atomic mass is 10.1. The van der Waals surface area contributed by atoms with Gasteiger partial charge in [0.15, 0.2) is 0 Å². The number of sulfonamides is 1. The van der Waals surface area contributed by atoms with Crippen LogP contribution >= 0.6 is 0 Å². The molecule has 1 unspecified atom stereocenters. The summed E-state index contributed by atoms with van der Waals surface area (Å²) in [6.45, 7) is 1.95. The predicted octanol–water partition coefficient (Wildman–Crippen LogP) is 2.10. The largest absolute Gasteiger partial charge is 0.493 e. The summed E-state index contributed by atoms with van der Waals surface area (Å²) in [7, 11) is -3.68. The average molecular weight is 362 g/mol. The van der Waals surface area contributed by atoms with Gasteiger partial charge in [0, 0.05) is 26.1 Å². The fraction of sp³-hybridized carbons (Fsp3) is 0.333. The Hall–Kier alpha value is -1.96. The van der Waals surface area contributed by atoms with Crippen molar-refractivity contribution < 1.29 is 17.5 Å². The van der Waals surface area contributed by atoms with Gasteiger partial charge in [-0.25, -0.2) is 12.8 Å². The van der Waals surface area contributed by atoms with Crippen molar-refractivity contribution in [1.29, 1.82) is 0 Å². The zero-order valence-corrected chi connectivity index (χ0v) is 14.4. The van der Waals surface area contributed by atoms with Crippen LogP contribution in [-0.4, -0.2) is 39.0 Å². The molecule has 2 aromatic carbocycles. The molecule has 0 radical (unpaired) electrons. The van der Waals surface area contributed by atoms with Crippen LogP contribution in [0.4, 0.5) is 4.39 Å². The van der Waals surface area contributed by atoms with Gasteiger partial charge in [-0.1, -0.05) is 12.1 Å². The van der Waals surface area contributed by atoms with E-state index in [-0.39, 0.29) is 10.7 Å². The van der Waals surface area contributed by atoms with Crippen molar-refractivity contribution >= 4 is 10.0 Å². The monoisotopic (exact) mass is 362 g/mol. The Morgan fingerprint density at radius 3 is 2.92 bits per heavy atom. The molecule has 2 aliphatic rings. The fourth-order valence-electron chi connectivity index (χ4n) is 3.43. The van der Waals surface area contributed by atoms with Gasteiger partial charge in [-0.15, -0.1) is 0 Å². The molecule has 2 aliphatic heterocycles. The lowest BCUT2D eigenvalue weighted by Crippen LogP contribution is -2.48. The van der Waals surface area contributed by atoms with Gasteiger partial charge in [-0.3, -0.25) is 0 Å². The molecule has 7 heteroatoms. The first kappa shape index (κ1) is 16.5. The van der Waals surface area contributed by atoms with Crippen molar-refractivity contribution in [3.63, 3.8) is 0 Å².